The van der Waals surface area contributed by atoms with Gasteiger partial charge in [0.05, 0.1) is 30.6 Å². The number of amides is 1. The van der Waals surface area contributed by atoms with Gasteiger partial charge in [-0.05, 0) is 77.8 Å². The van der Waals surface area contributed by atoms with E-state index in [9.17, 15) is 9.59 Å². The molecule has 2 aromatic heterocycles. The molecule has 15 heteroatoms. The van der Waals surface area contributed by atoms with Crippen molar-refractivity contribution < 1.29 is 23.7 Å². The average Bonchev–Trinajstić information content (AvgIpc) is 3.78. The van der Waals surface area contributed by atoms with Crippen LogP contribution in [0.1, 0.15) is 44.6 Å². The number of nitrogens with two attached hydrogens (primary N) is 1. The molecule has 0 unspecified atom stereocenters. The number of hydrogen-bond acceptors (Lipinski definition) is 12. The summed E-state index contributed by atoms with van der Waals surface area (Å²) in [7, 11) is 1.45. The van der Waals surface area contributed by atoms with Gasteiger partial charge in [0.15, 0.2) is 17.2 Å². The Morgan fingerprint density at radius 1 is 1.07 bits per heavy atom. The molecule has 0 spiro atoms. The van der Waals surface area contributed by atoms with Gasteiger partial charge in [-0.2, -0.15) is 9.78 Å². The zero-order valence-corrected chi connectivity index (χ0v) is 24.9. The lowest BCUT2D eigenvalue weighted by Crippen LogP contribution is -2.26. The van der Waals surface area contributed by atoms with Crippen molar-refractivity contribution in [2.45, 2.75) is 19.9 Å². The minimum atomic E-state index is -0.599. The lowest BCUT2D eigenvalue weighted by molar-refractivity contribution is 0.0729. The van der Waals surface area contributed by atoms with E-state index in [1.165, 1.54) is 17.4 Å². The van der Waals surface area contributed by atoms with Crippen LogP contribution < -0.4 is 25.5 Å². The smallest absolute Gasteiger partial charge is 0.343 e. The molecule has 14 nitrogen and oxygen atoms in total. The number of benzene rings is 3. The van der Waals surface area contributed by atoms with Crippen LogP contribution in [0, 0.1) is 0 Å². The molecule has 0 radical (unpaired) electrons. The Balaban J connectivity index is 1.22. The second-order valence-corrected chi connectivity index (χ2v) is 10.4. The molecule has 0 saturated carbocycles. The van der Waals surface area contributed by atoms with Crippen molar-refractivity contribution >= 4 is 40.7 Å². The van der Waals surface area contributed by atoms with Crippen LogP contribution in [0.4, 0.5) is 11.5 Å². The second-order valence-electron chi connectivity index (χ2n) is 9.97. The lowest BCUT2D eigenvalue weighted by Gasteiger charge is -2.19. The molecule has 0 atom stereocenters. The number of para-hydroxylation sites is 1. The molecular formula is C30H26ClN9O5. The maximum absolute atomic E-state index is 13.4. The van der Waals surface area contributed by atoms with Gasteiger partial charge in [0.1, 0.15) is 0 Å². The van der Waals surface area contributed by atoms with Crippen molar-refractivity contribution in [2.24, 2.45) is 5.10 Å². The summed E-state index contributed by atoms with van der Waals surface area (Å²) in [6.45, 7) is 2.73. The summed E-state index contributed by atoms with van der Waals surface area (Å²) in [5, 5.41) is 20.5. The molecule has 1 amide bonds. The third-order valence-electron chi connectivity index (χ3n) is 7.19. The fourth-order valence-corrected chi connectivity index (χ4v) is 4.98. The Hall–Kier alpha value is -5.76. The van der Waals surface area contributed by atoms with Gasteiger partial charge in [0, 0.05) is 22.8 Å². The van der Waals surface area contributed by atoms with Crippen LogP contribution in [0.25, 0.3) is 5.82 Å². The minimum Gasteiger partial charge on any atom is -0.493 e. The number of nitrogen functional groups attached to an aromatic ring is 1. The van der Waals surface area contributed by atoms with Crippen molar-refractivity contribution in [1.29, 1.82) is 0 Å². The zero-order chi connectivity index (χ0) is 31.5. The van der Waals surface area contributed by atoms with E-state index >= 15 is 0 Å². The van der Waals surface area contributed by atoms with Gasteiger partial charge in [0.2, 0.25) is 11.6 Å². The number of nitrogens with zero attached hydrogens (tertiary/aromatic N) is 7. The van der Waals surface area contributed by atoms with Crippen molar-refractivity contribution in [3.05, 3.63) is 99.8 Å². The predicted molar refractivity (Wildman–Crippen MR) is 164 cm³/mol. The fraction of sp³-hybridized carbons (Fsp3) is 0.167. The molecule has 1 aliphatic rings. The quantitative estimate of drug-likeness (QED) is 0.105. The van der Waals surface area contributed by atoms with Crippen LogP contribution in [-0.4, -0.2) is 56.5 Å². The van der Waals surface area contributed by atoms with Crippen LogP contribution in [0.5, 0.6) is 11.5 Å². The van der Waals surface area contributed by atoms with Gasteiger partial charge in [-0.15, -0.1) is 5.10 Å². The molecule has 3 aromatic carbocycles. The first kappa shape index (κ1) is 29.3. The van der Waals surface area contributed by atoms with Gasteiger partial charge in [0.25, 0.3) is 5.91 Å². The zero-order valence-electron chi connectivity index (χ0n) is 24.1. The van der Waals surface area contributed by atoms with Crippen molar-refractivity contribution in [3.8, 4) is 17.3 Å². The van der Waals surface area contributed by atoms with Crippen molar-refractivity contribution in [3.63, 3.8) is 0 Å². The van der Waals surface area contributed by atoms with Gasteiger partial charge in [-0.25, -0.2) is 14.8 Å². The number of esters is 1. The summed E-state index contributed by atoms with van der Waals surface area (Å²) in [6.07, 6.45) is 0.860. The lowest BCUT2D eigenvalue weighted by atomic mass is 10.1. The van der Waals surface area contributed by atoms with Crippen LogP contribution in [0.2, 0.25) is 5.02 Å². The molecule has 0 bridgehead atoms. The van der Waals surface area contributed by atoms with Crippen LogP contribution >= 0.6 is 11.6 Å². The van der Waals surface area contributed by atoms with E-state index in [1.54, 1.807) is 49.4 Å². The standard InChI is InChI=1S/C30H26ClN9O5/c1-17(20-9-12-24(25(15-20)43-2)44-30(42)19-7-10-21(31)11-8-19)33-35-29(41)26-23(40(38-34-26)28-27(32)36-45-37-28)16-39-14-13-18-5-3-4-6-22(18)39/h3-12,15H,13-14,16H2,1-2H3,(H2,32,36)(H,35,41). The number of carbonyl (C=O) groups excluding carboxylic acids is 2. The molecule has 6 rings (SSSR count). The molecule has 228 valence electrons. The van der Waals surface area contributed by atoms with Crippen molar-refractivity contribution in [1.82, 2.24) is 30.7 Å². The third-order valence-corrected chi connectivity index (χ3v) is 7.44. The number of hydrogen-bond donors (Lipinski definition) is 2. The Morgan fingerprint density at radius 3 is 2.60 bits per heavy atom. The van der Waals surface area contributed by atoms with E-state index in [-0.39, 0.29) is 29.6 Å². The number of rotatable bonds is 9. The number of fused-ring (bicyclic) bond motifs is 1. The summed E-state index contributed by atoms with van der Waals surface area (Å²) in [5.41, 5.74) is 12.6. The Morgan fingerprint density at radius 2 is 1.84 bits per heavy atom. The first-order chi connectivity index (χ1) is 21.8. The molecular weight excluding hydrogens is 602 g/mol. The SMILES string of the molecule is COc1cc(C(C)=NNC(=O)c2nnn(-c3nonc3N)c2CN2CCc3ccccc32)ccc1OC(=O)c1ccc(Cl)cc1. The summed E-state index contributed by atoms with van der Waals surface area (Å²) in [6, 6.07) is 19.3. The van der Waals surface area contributed by atoms with E-state index in [2.05, 4.69) is 42.1 Å². The normalized spacial score (nSPS) is 12.6. The van der Waals surface area contributed by atoms with Crippen LogP contribution in [0.3, 0.4) is 0 Å². The van der Waals surface area contributed by atoms with Gasteiger partial charge in [-0.1, -0.05) is 35.0 Å². The van der Waals surface area contributed by atoms with Crippen LogP contribution in [0.15, 0.2) is 76.5 Å². The topological polar surface area (TPSA) is 176 Å². The summed E-state index contributed by atoms with van der Waals surface area (Å²) in [4.78, 5) is 28.1. The molecule has 0 saturated heterocycles. The van der Waals surface area contributed by atoms with Crippen LogP contribution in [-0.2, 0) is 13.0 Å². The molecule has 45 heavy (non-hydrogen) atoms. The predicted octanol–water partition coefficient (Wildman–Crippen LogP) is 3.83. The van der Waals surface area contributed by atoms with Gasteiger partial charge < -0.3 is 20.1 Å². The Bertz CT molecular complexity index is 1920. The average molecular weight is 628 g/mol. The number of aromatic nitrogens is 5. The number of anilines is 2. The Kier molecular flexibility index (Phi) is 8.12. The molecule has 3 N–H and O–H groups in total. The highest BCUT2D eigenvalue weighted by Gasteiger charge is 2.28. The van der Waals surface area contributed by atoms with E-state index < -0.39 is 11.9 Å². The fourth-order valence-electron chi connectivity index (χ4n) is 4.85. The highest BCUT2D eigenvalue weighted by atomic mass is 35.5. The van der Waals surface area contributed by atoms with E-state index in [0.717, 1.165) is 18.7 Å². The summed E-state index contributed by atoms with van der Waals surface area (Å²) >= 11 is 5.91. The first-order valence-electron chi connectivity index (χ1n) is 13.7. The van der Waals surface area contributed by atoms with Crippen molar-refractivity contribution in [2.75, 3.05) is 24.3 Å². The highest BCUT2D eigenvalue weighted by molar-refractivity contribution is 6.30. The maximum atomic E-state index is 13.4. The molecule has 5 aromatic rings. The molecule has 0 aliphatic carbocycles. The monoisotopic (exact) mass is 627 g/mol. The molecule has 0 fully saturated rings. The largest absolute Gasteiger partial charge is 0.493 e. The Labute approximate surface area is 261 Å². The number of nitrogens with one attached hydrogen (secondary N) is 1. The first-order valence-corrected chi connectivity index (χ1v) is 14.1. The summed E-state index contributed by atoms with van der Waals surface area (Å²) < 4.78 is 17.1. The number of ether oxygens (including phenoxy) is 2. The highest BCUT2D eigenvalue weighted by Crippen LogP contribution is 2.31. The minimum absolute atomic E-state index is 0.0000324. The van der Waals surface area contributed by atoms with E-state index in [0.29, 0.717) is 33.3 Å². The molecule has 3 heterocycles. The number of carbonyl (C=O) groups is 2. The number of halogens is 1. The van der Waals surface area contributed by atoms with Gasteiger partial charge >= 0.3 is 5.97 Å². The second kappa shape index (κ2) is 12.5. The van der Waals surface area contributed by atoms with E-state index in [4.69, 9.17) is 31.4 Å². The number of hydrazone groups is 1. The van der Waals surface area contributed by atoms with E-state index in [1.807, 2.05) is 18.2 Å². The molecule has 1 aliphatic heterocycles. The van der Waals surface area contributed by atoms with Gasteiger partial charge in [-0.3, -0.25) is 4.79 Å². The number of methoxy groups -OCH3 is 1. The maximum Gasteiger partial charge on any atom is 0.343 e. The summed E-state index contributed by atoms with van der Waals surface area (Å²) in [5.74, 6) is -0.541. The third kappa shape index (κ3) is 6.03.